The van der Waals surface area contributed by atoms with Crippen molar-refractivity contribution in [3.05, 3.63) is 47.5 Å². The third kappa shape index (κ3) is 2.23. The number of hydrogen-bond donors (Lipinski definition) is 0. The van der Waals surface area contributed by atoms with Gasteiger partial charge >= 0.3 is 6.18 Å². The number of alkyl halides is 4. The average molecular weight is 258 g/mol. The molecule has 1 aromatic carbocycles. The summed E-state index contributed by atoms with van der Waals surface area (Å²) in [6, 6.07) is 6.34. The van der Waals surface area contributed by atoms with E-state index in [1.165, 1.54) is 12.1 Å². The van der Waals surface area contributed by atoms with Crippen LogP contribution in [0.3, 0.4) is 0 Å². The topological polar surface area (TPSA) is 17.8 Å². The van der Waals surface area contributed by atoms with Gasteiger partial charge < -0.3 is 0 Å². The van der Waals surface area contributed by atoms with E-state index in [1.807, 2.05) is 6.92 Å². The summed E-state index contributed by atoms with van der Waals surface area (Å²) in [4.78, 5) is 3.26. The minimum absolute atomic E-state index is 0.119. The van der Waals surface area contributed by atoms with Crippen molar-refractivity contribution in [2.75, 3.05) is 0 Å². The van der Waals surface area contributed by atoms with Gasteiger partial charge in [0.2, 0.25) is 5.82 Å². The van der Waals surface area contributed by atoms with Crippen LogP contribution in [-0.4, -0.2) is 9.55 Å². The molecule has 0 unspecified atom stereocenters. The zero-order valence-corrected chi connectivity index (χ0v) is 9.50. The fraction of sp³-hybridized carbons (Fsp3) is 0.250. The molecule has 0 atom stereocenters. The van der Waals surface area contributed by atoms with E-state index in [0.29, 0.717) is 0 Å². The van der Waals surface area contributed by atoms with E-state index in [1.54, 1.807) is 12.1 Å². The van der Waals surface area contributed by atoms with Gasteiger partial charge in [0.25, 0.3) is 0 Å². The molecule has 96 valence electrons. The summed E-state index contributed by atoms with van der Waals surface area (Å²) >= 11 is 0. The second-order valence-electron chi connectivity index (χ2n) is 3.88. The number of benzene rings is 1. The maximum Gasteiger partial charge on any atom is 0.450 e. The molecular weight excluding hydrogens is 248 g/mol. The van der Waals surface area contributed by atoms with Gasteiger partial charge in [-0.25, -0.2) is 9.37 Å². The molecule has 0 saturated heterocycles. The van der Waals surface area contributed by atoms with Crippen LogP contribution in [-0.2, 0) is 12.9 Å². The highest BCUT2D eigenvalue weighted by Gasteiger charge is 2.37. The van der Waals surface area contributed by atoms with Crippen molar-refractivity contribution >= 4 is 0 Å². The molecule has 2 rings (SSSR count). The van der Waals surface area contributed by atoms with Crippen molar-refractivity contribution in [2.45, 2.75) is 19.8 Å². The van der Waals surface area contributed by atoms with Crippen LogP contribution in [0.5, 0.6) is 0 Å². The van der Waals surface area contributed by atoms with Gasteiger partial charge in [0, 0.05) is 5.69 Å². The first-order valence-electron chi connectivity index (χ1n) is 5.20. The van der Waals surface area contributed by atoms with E-state index in [0.717, 1.165) is 16.3 Å². The number of halogens is 4. The number of nitrogens with zero attached hydrogens (tertiary/aromatic N) is 2. The molecule has 6 heteroatoms. The molecule has 0 fully saturated rings. The average Bonchev–Trinajstić information content (AvgIpc) is 2.73. The monoisotopic (exact) mass is 258 g/mol. The minimum Gasteiger partial charge on any atom is -0.290 e. The Kier molecular flexibility index (Phi) is 3.11. The zero-order valence-electron chi connectivity index (χ0n) is 9.50. The Morgan fingerprint density at radius 1 is 1.17 bits per heavy atom. The first-order chi connectivity index (χ1) is 8.43. The Balaban J connectivity index is 2.61. The Morgan fingerprint density at radius 3 is 2.28 bits per heavy atom. The van der Waals surface area contributed by atoms with E-state index in [9.17, 15) is 17.6 Å². The maximum atomic E-state index is 12.8. The maximum absolute atomic E-state index is 12.8. The van der Waals surface area contributed by atoms with Crippen LogP contribution in [0.25, 0.3) is 5.69 Å². The molecule has 1 aromatic heterocycles. The molecule has 2 nitrogen and oxygen atoms in total. The van der Waals surface area contributed by atoms with Gasteiger partial charge in [-0.3, -0.25) is 4.57 Å². The summed E-state index contributed by atoms with van der Waals surface area (Å²) in [6.45, 7) is 0.815. The van der Waals surface area contributed by atoms with Crippen molar-refractivity contribution in [1.29, 1.82) is 0 Å². The molecule has 0 radical (unpaired) electrons. The van der Waals surface area contributed by atoms with E-state index in [2.05, 4.69) is 4.98 Å². The smallest absolute Gasteiger partial charge is 0.290 e. The number of hydrogen-bond acceptors (Lipinski definition) is 1. The highest BCUT2D eigenvalue weighted by molar-refractivity contribution is 5.38. The standard InChI is InChI=1S/C12H10F4N2/c1-8-2-4-9(5-3-8)18-10(6-13)7-17-11(18)12(14,15)16/h2-5,7H,6H2,1H3. The van der Waals surface area contributed by atoms with Crippen molar-refractivity contribution in [1.82, 2.24) is 9.55 Å². The molecule has 0 N–H and O–H groups in total. The lowest BCUT2D eigenvalue weighted by atomic mass is 10.2. The summed E-state index contributed by atoms with van der Waals surface area (Å²) in [6.07, 6.45) is -3.71. The van der Waals surface area contributed by atoms with Crippen LogP contribution >= 0.6 is 0 Å². The fourth-order valence-corrected chi connectivity index (χ4v) is 1.66. The summed E-state index contributed by atoms with van der Waals surface area (Å²) in [5.41, 5.74) is 1.04. The van der Waals surface area contributed by atoms with Gasteiger partial charge in [-0.05, 0) is 19.1 Å². The van der Waals surface area contributed by atoms with Gasteiger partial charge in [0.15, 0.2) is 0 Å². The molecule has 0 bridgehead atoms. The second-order valence-corrected chi connectivity index (χ2v) is 3.88. The summed E-state index contributed by atoms with van der Waals surface area (Å²) in [7, 11) is 0. The van der Waals surface area contributed by atoms with Gasteiger partial charge in [-0.2, -0.15) is 13.2 Å². The number of aryl methyl sites for hydroxylation is 1. The third-order valence-corrected chi connectivity index (χ3v) is 2.52. The summed E-state index contributed by atoms with van der Waals surface area (Å²) < 4.78 is 51.8. The van der Waals surface area contributed by atoms with Gasteiger partial charge in [-0.15, -0.1) is 0 Å². The Labute approximate surface area is 101 Å². The minimum atomic E-state index is -4.61. The Morgan fingerprint density at radius 2 is 1.78 bits per heavy atom. The highest BCUT2D eigenvalue weighted by atomic mass is 19.4. The van der Waals surface area contributed by atoms with Gasteiger partial charge in [-0.1, -0.05) is 17.7 Å². The van der Waals surface area contributed by atoms with E-state index in [-0.39, 0.29) is 11.4 Å². The first-order valence-corrected chi connectivity index (χ1v) is 5.20. The van der Waals surface area contributed by atoms with Crippen LogP contribution in [0.1, 0.15) is 17.1 Å². The molecular formula is C12H10F4N2. The molecule has 0 amide bonds. The highest BCUT2D eigenvalue weighted by Crippen LogP contribution is 2.31. The van der Waals surface area contributed by atoms with Gasteiger partial charge in [0.1, 0.15) is 6.67 Å². The predicted molar refractivity (Wildman–Crippen MR) is 58.1 cm³/mol. The fourth-order valence-electron chi connectivity index (χ4n) is 1.66. The number of imidazole rings is 1. The molecule has 18 heavy (non-hydrogen) atoms. The third-order valence-electron chi connectivity index (χ3n) is 2.52. The van der Waals surface area contributed by atoms with Crippen molar-refractivity contribution in [2.24, 2.45) is 0 Å². The number of rotatable bonds is 2. The van der Waals surface area contributed by atoms with Crippen molar-refractivity contribution < 1.29 is 17.6 Å². The molecule has 0 aliphatic rings. The summed E-state index contributed by atoms with van der Waals surface area (Å²) in [5.74, 6) is -1.11. The summed E-state index contributed by atoms with van der Waals surface area (Å²) in [5, 5.41) is 0. The molecule has 0 aliphatic carbocycles. The SMILES string of the molecule is Cc1ccc(-n2c(CF)cnc2C(F)(F)F)cc1. The Hall–Kier alpha value is -1.85. The van der Waals surface area contributed by atoms with Crippen LogP contribution < -0.4 is 0 Å². The quantitative estimate of drug-likeness (QED) is 0.751. The molecule has 0 saturated carbocycles. The predicted octanol–water partition coefficient (Wildman–Crippen LogP) is 3.67. The van der Waals surface area contributed by atoms with Crippen LogP contribution in [0.2, 0.25) is 0 Å². The van der Waals surface area contributed by atoms with E-state index < -0.39 is 18.7 Å². The largest absolute Gasteiger partial charge is 0.450 e. The van der Waals surface area contributed by atoms with Crippen LogP contribution in [0.15, 0.2) is 30.5 Å². The lowest BCUT2D eigenvalue weighted by Gasteiger charge is -2.12. The van der Waals surface area contributed by atoms with Crippen molar-refractivity contribution in [3.8, 4) is 5.69 Å². The normalized spacial score (nSPS) is 11.8. The second kappa shape index (κ2) is 4.44. The van der Waals surface area contributed by atoms with Gasteiger partial charge in [0.05, 0.1) is 11.9 Å². The first kappa shape index (κ1) is 12.6. The number of aromatic nitrogens is 2. The van der Waals surface area contributed by atoms with E-state index >= 15 is 0 Å². The Bertz CT molecular complexity index is 540. The van der Waals surface area contributed by atoms with Crippen LogP contribution in [0.4, 0.5) is 17.6 Å². The molecule has 1 heterocycles. The molecule has 0 aliphatic heterocycles. The zero-order chi connectivity index (χ0) is 13.3. The molecule has 0 spiro atoms. The lowest BCUT2D eigenvalue weighted by molar-refractivity contribution is -0.146. The van der Waals surface area contributed by atoms with E-state index in [4.69, 9.17) is 0 Å². The van der Waals surface area contributed by atoms with Crippen LogP contribution in [0, 0.1) is 6.92 Å². The lowest BCUT2D eigenvalue weighted by Crippen LogP contribution is -2.15. The molecule has 2 aromatic rings. The van der Waals surface area contributed by atoms with Crippen molar-refractivity contribution in [3.63, 3.8) is 0 Å².